The maximum absolute atomic E-state index is 13.1. The summed E-state index contributed by atoms with van der Waals surface area (Å²) in [5, 5.41) is 10.6. The third kappa shape index (κ3) is 74.1. The largest absolute Gasteiger partial charge is 0.472 e. The van der Waals surface area contributed by atoms with Crippen LogP contribution in [-0.4, -0.2) is 96.7 Å². The van der Waals surface area contributed by atoms with Crippen molar-refractivity contribution in [1.29, 1.82) is 0 Å². The lowest BCUT2D eigenvalue weighted by Gasteiger charge is -2.21. The van der Waals surface area contributed by atoms with Crippen molar-refractivity contribution in [3.05, 3.63) is 0 Å². The van der Waals surface area contributed by atoms with Gasteiger partial charge in [0, 0.05) is 25.7 Å². The molecule has 0 aliphatic rings. The number of carbonyl (C=O) groups excluding carboxylic acids is 4. The maximum atomic E-state index is 13.1. The first-order chi connectivity index (χ1) is 47.9. The van der Waals surface area contributed by atoms with Crippen LogP contribution in [0.4, 0.5) is 0 Å². The molecule has 5 atom stereocenters. The Kier molecular flexibility index (Phi) is 70.3. The summed E-state index contributed by atoms with van der Waals surface area (Å²) in [6.45, 7) is 9.58. The number of phosphoric acid groups is 2. The van der Waals surface area contributed by atoms with E-state index in [1.165, 1.54) is 231 Å². The van der Waals surface area contributed by atoms with Gasteiger partial charge in [0.05, 0.1) is 26.4 Å². The van der Waals surface area contributed by atoms with Crippen LogP contribution in [0.2, 0.25) is 0 Å². The van der Waals surface area contributed by atoms with Gasteiger partial charge in [0.15, 0.2) is 12.2 Å². The van der Waals surface area contributed by atoms with Crippen LogP contribution in [0.25, 0.3) is 0 Å². The smallest absolute Gasteiger partial charge is 0.462 e. The molecular weight excluding hydrogens is 1290 g/mol. The van der Waals surface area contributed by atoms with E-state index < -0.39 is 97.5 Å². The quantitative estimate of drug-likeness (QED) is 0.0222. The van der Waals surface area contributed by atoms with E-state index in [1.54, 1.807) is 0 Å². The van der Waals surface area contributed by atoms with E-state index in [-0.39, 0.29) is 25.7 Å². The van der Waals surface area contributed by atoms with Gasteiger partial charge in [-0.15, -0.1) is 0 Å². The maximum Gasteiger partial charge on any atom is 0.472 e. The summed E-state index contributed by atoms with van der Waals surface area (Å²) < 4.78 is 68.6. The monoisotopic (exact) mass is 1450 g/mol. The molecule has 0 aliphatic carbocycles. The molecule has 0 radical (unpaired) electrons. The van der Waals surface area contributed by atoms with Crippen LogP contribution in [0.5, 0.6) is 0 Å². The predicted octanol–water partition coefficient (Wildman–Crippen LogP) is 23.9. The fourth-order valence-corrected chi connectivity index (χ4v) is 13.9. The highest BCUT2D eigenvalue weighted by molar-refractivity contribution is 7.47. The van der Waals surface area contributed by atoms with Gasteiger partial charge in [-0.3, -0.25) is 37.3 Å². The Morgan fingerprint density at radius 2 is 0.465 bits per heavy atom. The lowest BCUT2D eigenvalue weighted by atomic mass is 10.0. The molecule has 0 saturated heterocycles. The first kappa shape index (κ1) is 97.1. The molecule has 0 aromatic carbocycles. The molecule has 0 aromatic heterocycles. The van der Waals surface area contributed by atoms with Crippen LogP contribution >= 0.6 is 15.6 Å². The van der Waals surface area contributed by atoms with Gasteiger partial charge in [-0.2, -0.15) is 0 Å². The lowest BCUT2D eigenvalue weighted by Crippen LogP contribution is -2.30. The SMILES string of the molecule is CCCCCCCCCCCCCCCCCCCCC(=O)OC[C@H](COP(=O)(O)OC[C@@H](O)COP(=O)(O)OC[C@@H](COC(=O)CCCCCCCCC(C)C)OC(=O)CCCCCCCCCCCCCCC)OC(=O)CCCCCCCCCCCCCCCCCCC(C)C. The van der Waals surface area contributed by atoms with Crippen molar-refractivity contribution in [2.75, 3.05) is 39.6 Å². The third-order valence-electron chi connectivity index (χ3n) is 18.7. The highest BCUT2D eigenvalue weighted by Crippen LogP contribution is 2.45. The van der Waals surface area contributed by atoms with Gasteiger partial charge in [0.25, 0.3) is 0 Å². The Balaban J connectivity index is 5.22. The molecular formula is C80H156O17P2. The lowest BCUT2D eigenvalue weighted by molar-refractivity contribution is -0.161. The molecule has 0 spiro atoms. The number of carbonyl (C=O) groups is 4. The Morgan fingerprint density at radius 3 is 0.687 bits per heavy atom. The molecule has 19 heteroatoms. The fourth-order valence-electron chi connectivity index (χ4n) is 12.4. The van der Waals surface area contributed by atoms with Crippen LogP contribution in [0.3, 0.4) is 0 Å². The zero-order valence-electron chi connectivity index (χ0n) is 64.8. The number of phosphoric ester groups is 2. The standard InChI is InChI=1S/C80H156O17P2/c1-7-9-11-13-15-17-19-21-22-23-24-28-32-35-39-43-50-56-62-77(82)90-68-75(96-79(84)65-59-53-45-41-37-33-29-26-25-27-31-34-38-42-48-54-60-72(3)4)70-94-98(86,87)92-66-74(81)67-93-99(88,89)95-71-76(69-91-78(83)63-57-51-47-46-49-55-61-73(5)6)97-80(85)64-58-52-44-40-36-30-20-18-16-14-12-10-8-2/h72-76,81H,7-71H2,1-6H3,(H,86,87)(H,88,89)/t74-,75-,76-/m1/s1. The predicted molar refractivity (Wildman–Crippen MR) is 405 cm³/mol. The molecule has 0 bridgehead atoms. The summed E-state index contributed by atoms with van der Waals surface area (Å²) in [6, 6.07) is 0. The Hall–Kier alpha value is -1.94. The molecule has 99 heavy (non-hydrogen) atoms. The second-order valence-corrected chi connectivity index (χ2v) is 32.7. The van der Waals surface area contributed by atoms with Crippen molar-refractivity contribution >= 4 is 39.5 Å². The Morgan fingerprint density at radius 1 is 0.273 bits per heavy atom. The highest BCUT2D eigenvalue weighted by atomic mass is 31.2. The molecule has 0 saturated carbocycles. The second-order valence-electron chi connectivity index (χ2n) is 29.8. The van der Waals surface area contributed by atoms with Gasteiger partial charge in [0.1, 0.15) is 19.3 Å². The van der Waals surface area contributed by atoms with Crippen molar-refractivity contribution in [2.45, 2.75) is 439 Å². The number of hydrogen-bond acceptors (Lipinski definition) is 15. The second kappa shape index (κ2) is 71.7. The van der Waals surface area contributed by atoms with Crippen molar-refractivity contribution in [1.82, 2.24) is 0 Å². The van der Waals surface area contributed by atoms with E-state index in [4.69, 9.17) is 37.0 Å². The summed E-state index contributed by atoms with van der Waals surface area (Å²) in [4.78, 5) is 72.9. The summed E-state index contributed by atoms with van der Waals surface area (Å²) in [7, 11) is -9.92. The minimum Gasteiger partial charge on any atom is -0.462 e. The summed E-state index contributed by atoms with van der Waals surface area (Å²) in [5.74, 6) is -0.622. The normalized spacial score (nSPS) is 13.9. The number of unbranched alkanes of at least 4 members (excludes halogenated alkanes) is 49. The molecule has 17 nitrogen and oxygen atoms in total. The number of rotatable bonds is 79. The van der Waals surface area contributed by atoms with Crippen molar-refractivity contribution in [3.63, 3.8) is 0 Å². The van der Waals surface area contributed by atoms with E-state index in [2.05, 4.69) is 41.5 Å². The average molecular weight is 1450 g/mol. The van der Waals surface area contributed by atoms with Crippen LogP contribution in [0.15, 0.2) is 0 Å². The topological polar surface area (TPSA) is 237 Å². The summed E-state index contributed by atoms with van der Waals surface area (Å²) in [6.07, 6.45) is 61.2. The molecule has 0 heterocycles. The number of ether oxygens (including phenoxy) is 4. The van der Waals surface area contributed by atoms with E-state index in [1.807, 2.05) is 0 Å². The summed E-state index contributed by atoms with van der Waals surface area (Å²) >= 11 is 0. The number of hydrogen-bond donors (Lipinski definition) is 3. The molecule has 0 aromatic rings. The van der Waals surface area contributed by atoms with Crippen LogP contribution < -0.4 is 0 Å². The molecule has 0 aliphatic heterocycles. The molecule has 0 fully saturated rings. The van der Waals surface area contributed by atoms with Crippen molar-refractivity contribution in [2.24, 2.45) is 11.8 Å². The average Bonchev–Trinajstić information content (AvgIpc) is 1.34. The highest BCUT2D eigenvalue weighted by Gasteiger charge is 2.30. The van der Waals surface area contributed by atoms with E-state index in [0.29, 0.717) is 31.6 Å². The molecule has 0 amide bonds. The zero-order chi connectivity index (χ0) is 72.8. The van der Waals surface area contributed by atoms with Gasteiger partial charge >= 0.3 is 39.5 Å². The Labute approximate surface area is 607 Å². The summed E-state index contributed by atoms with van der Waals surface area (Å²) in [5.41, 5.74) is 0. The van der Waals surface area contributed by atoms with Gasteiger partial charge in [-0.05, 0) is 37.5 Å². The molecule has 3 N–H and O–H groups in total. The minimum atomic E-state index is -4.96. The van der Waals surface area contributed by atoms with Crippen LogP contribution in [0, 0.1) is 11.8 Å². The fraction of sp³-hybridized carbons (Fsp3) is 0.950. The van der Waals surface area contributed by atoms with E-state index in [9.17, 15) is 43.2 Å². The van der Waals surface area contributed by atoms with Gasteiger partial charge in [0.2, 0.25) is 0 Å². The van der Waals surface area contributed by atoms with Crippen molar-refractivity contribution in [3.8, 4) is 0 Å². The first-order valence-corrected chi connectivity index (χ1v) is 44.5. The van der Waals surface area contributed by atoms with Gasteiger partial charge in [-0.1, -0.05) is 369 Å². The van der Waals surface area contributed by atoms with Gasteiger partial charge in [-0.25, -0.2) is 9.13 Å². The first-order valence-electron chi connectivity index (χ1n) is 41.5. The number of aliphatic hydroxyl groups excluding tert-OH is 1. The molecule has 2 unspecified atom stereocenters. The van der Waals surface area contributed by atoms with Crippen LogP contribution in [-0.2, 0) is 65.4 Å². The van der Waals surface area contributed by atoms with E-state index >= 15 is 0 Å². The number of esters is 4. The third-order valence-corrected chi connectivity index (χ3v) is 20.6. The zero-order valence-corrected chi connectivity index (χ0v) is 66.6. The van der Waals surface area contributed by atoms with Gasteiger partial charge < -0.3 is 33.8 Å². The van der Waals surface area contributed by atoms with Crippen LogP contribution in [0.1, 0.15) is 420 Å². The van der Waals surface area contributed by atoms with E-state index in [0.717, 1.165) is 102 Å². The molecule has 0 rings (SSSR count). The minimum absolute atomic E-state index is 0.107. The number of aliphatic hydroxyl groups is 1. The van der Waals surface area contributed by atoms with Crippen molar-refractivity contribution < 1.29 is 80.2 Å². The molecule has 588 valence electrons. The Bertz CT molecular complexity index is 1910.